The second kappa shape index (κ2) is 3.38. The van der Waals surface area contributed by atoms with Crippen LogP contribution in [0.1, 0.15) is 11.4 Å². The maximum absolute atomic E-state index is 11.2. The minimum Gasteiger partial charge on any atom is -0.368 e. The Kier molecular flexibility index (Phi) is 2.46. The quantitative estimate of drug-likeness (QED) is 0.658. The highest BCUT2D eigenvalue weighted by Gasteiger charge is 2.04. The molecule has 0 radical (unpaired) electrons. The highest BCUT2D eigenvalue weighted by atomic mass is 16.2. The first-order chi connectivity index (χ1) is 6.00. The van der Waals surface area contributed by atoms with Gasteiger partial charge in [-0.1, -0.05) is 0 Å². The first kappa shape index (κ1) is 9.44. The topological polar surface area (TPSA) is 78.0 Å². The molecule has 5 nitrogen and oxygen atoms in total. The fraction of sp³-hybridized carbons (Fsp3) is 0.375. The summed E-state index contributed by atoms with van der Waals surface area (Å²) < 4.78 is 1.25. The Bertz CT molecular complexity index is 395. The van der Waals surface area contributed by atoms with Crippen molar-refractivity contribution in [3.8, 4) is 0 Å². The van der Waals surface area contributed by atoms with Crippen LogP contribution in [0.3, 0.4) is 0 Å². The van der Waals surface area contributed by atoms with Crippen molar-refractivity contribution in [2.45, 2.75) is 20.4 Å². The van der Waals surface area contributed by atoms with Crippen LogP contribution in [0, 0.1) is 13.8 Å². The zero-order chi connectivity index (χ0) is 10.0. The monoisotopic (exact) mass is 181 g/mol. The van der Waals surface area contributed by atoms with Crippen LogP contribution in [0.2, 0.25) is 0 Å². The molecule has 0 atom stereocenters. The lowest BCUT2D eigenvalue weighted by Gasteiger charge is -2.06. The molecule has 70 valence electrons. The van der Waals surface area contributed by atoms with Crippen LogP contribution < -0.4 is 11.4 Å². The maximum atomic E-state index is 11.2. The van der Waals surface area contributed by atoms with Crippen LogP contribution in [0.25, 0.3) is 0 Å². The van der Waals surface area contributed by atoms with E-state index in [4.69, 9.17) is 5.73 Å². The van der Waals surface area contributed by atoms with Crippen molar-refractivity contribution in [2.24, 2.45) is 5.73 Å². The van der Waals surface area contributed by atoms with E-state index in [0.29, 0.717) is 11.4 Å². The van der Waals surface area contributed by atoms with Gasteiger partial charge in [0.15, 0.2) is 0 Å². The Labute approximate surface area is 75.2 Å². The number of carbonyl (C=O) groups excluding carboxylic acids is 1. The number of carbonyl (C=O) groups is 1. The van der Waals surface area contributed by atoms with E-state index in [1.165, 1.54) is 4.57 Å². The molecule has 0 fully saturated rings. The van der Waals surface area contributed by atoms with E-state index in [1.807, 2.05) is 0 Å². The molecular formula is C8H11N3O2. The van der Waals surface area contributed by atoms with Gasteiger partial charge < -0.3 is 5.73 Å². The predicted octanol–water partition coefficient (Wildman–Crippen LogP) is -0.655. The number of rotatable bonds is 2. The van der Waals surface area contributed by atoms with E-state index in [2.05, 4.69) is 4.98 Å². The number of hydrogen-bond acceptors (Lipinski definition) is 3. The average molecular weight is 181 g/mol. The standard InChI is InChI=1S/C8H11N3O2/c1-5-3-6(2)11(4-7(9)12)8(13)10-5/h3H,4H2,1-2H3,(H2,9,12). The van der Waals surface area contributed by atoms with Crippen molar-refractivity contribution in [3.05, 3.63) is 27.9 Å². The molecule has 0 aliphatic carbocycles. The first-order valence-electron chi connectivity index (χ1n) is 3.84. The van der Waals surface area contributed by atoms with Crippen LogP contribution in [-0.2, 0) is 11.3 Å². The van der Waals surface area contributed by atoms with Gasteiger partial charge >= 0.3 is 5.69 Å². The van der Waals surface area contributed by atoms with Crippen molar-refractivity contribution in [2.75, 3.05) is 0 Å². The molecule has 0 bridgehead atoms. The third kappa shape index (κ3) is 2.14. The number of aryl methyl sites for hydroxylation is 2. The Balaban J connectivity index is 3.21. The Morgan fingerprint density at radius 2 is 2.23 bits per heavy atom. The van der Waals surface area contributed by atoms with Crippen molar-refractivity contribution in [1.82, 2.24) is 9.55 Å². The Hall–Kier alpha value is -1.65. The summed E-state index contributed by atoms with van der Waals surface area (Å²) in [5.41, 5.74) is 5.87. The maximum Gasteiger partial charge on any atom is 0.348 e. The van der Waals surface area contributed by atoms with Crippen LogP contribution in [0.4, 0.5) is 0 Å². The van der Waals surface area contributed by atoms with E-state index >= 15 is 0 Å². The average Bonchev–Trinajstić information content (AvgIpc) is 1.96. The molecule has 0 spiro atoms. The van der Waals surface area contributed by atoms with E-state index in [-0.39, 0.29) is 6.54 Å². The number of aromatic nitrogens is 2. The third-order valence-corrected chi connectivity index (χ3v) is 1.66. The molecular weight excluding hydrogens is 170 g/mol. The molecule has 0 saturated heterocycles. The van der Waals surface area contributed by atoms with Crippen molar-refractivity contribution in [3.63, 3.8) is 0 Å². The minimum atomic E-state index is -0.546. The second-order valence-corrected chi connectivity index (χ2v) is 2.87. The summed E-state index contributed by atoms with van der Waals surface area (Å²) in [7, 11) is 0. The van der Waals surface area contributed by atoms with Crippen LogP contribution in [0.5, 0.6) is 0 Å². The first-order valence-corrected chi connectivity index (χ1v) is 3.84. The smallest absolute Gasteiger partial charge is 0.348 e. The molecule has 2 N–H and O–H groups in total. The van der Waals surface area contributed by atoms with Crippen LogP contribution in [0.15, 0.2) is 10.9 Å². The largest absolute Gasteiger partial charge is 0.368 e. The zero-order valence-corrected chi connectivity index (χ0v) is 7.57. The molecule has 1 aromatic heterocycles. The van der Waals surface area contributed by atoms with Gasteiger partial charge in [0.2, 0.25) is 5.91 Å². The molecule has 1 heterocycles. The Morgan fingerprint density at radius 3 is 2.69 bits per heavy atom. The molecule has 0 aromatic carbocycles. The highest BCUT2D eigenvalue weighted by Crippen LogP contribution is 1.95. The normalized spacial score (nSPS) is 10.0. The molecule has 0 aliphatic heterocycles. The van der Waals surface area contributed by atoms with E-state index in [9.17, 15) is 9.59 Å². The predicted molar refractivity (Wildman–Crippen MR) is 47.2 cm³/mol. The Morgan fingerprint density at radius 1 is 1.62 bits per heavy atom. The van der Waals surface area contributed by atoms with E-state index in [1.54, 1.807) is 19.9 Å². The minimum absolute atomic E-state index is 0.113. The van der Waals surface area contributed by atoms with Gasteiger partial charge in [-0.15, -0.1) is 0 Å². The van der Waals surface area contributed by atoms with E-state index < -0.39 is 11.6 Å². The lowest BCUT2D eigenvalue weighted by atomic mass is 10.3. The number of amides is 1. The summed E-state index contributed by atoms with van der Waals surface area (Å²) in [5.74, 6) is -0.546. The number of primary amides is 1. The number of hydrogen-bond donors (Lipinski definition) is 1. The fourth-order valence-corrected chi connectivity index (χ4v) is 1.12. The van der Waals surface area contributed by atoms with Gasteiger partial charge in [0, 0.05) is 11.4 Å². The molecule has 0 saturated carbocycles. The summed E-state index contributed by atoms with van der Waals surface area (Å²) in [6.45, 7) is 3.35. The molecule has 13 heavy (non-hydrogen) atoms. The van der Waals surface area contributed by atoms with Crippen molar-refractivity contribution < 1.29 is 4.79 Å². The number of nitrogens with two attached hydrogens (primary N) is 1. The third-order valence-electron chi connectivity index (χ3n) is 1.66. The lowest BCUT2D eigenvalue weighted by Crippen LogP contribution is -2.31. The van der Waals surface area contributed by atoms with Gasteiger partial charge in [0.05, 0.1) is 0 Å². The van der Waals surface area contributed by atoms with Gasteiger partial charge in [-0.05, 0) is 19.9 Å². The van der Waals surface area contributed by atoms with Crippen molar-refractivity contribution >= 4 is 5.91 Å². The van der Waals surface area contributed by atoms with Crippen molar-refractivity contribution in [1.29, 1.82) is 0 Å². The molecule has 0 unspecified atom stereocenters. The van der Waals surface area contributed by atoms with Gasteiger partial charge in [-0.2, -0.15) is 4.98 Å². The van der Waals surface area contributed by atoms with E-state index in [0.717, 1.165) is 0 Å². The summed E-state index contributed by atoms with van der Waals surface area (Å²) in [6, 6.07) is 1.73. The van der Waals surface area contributed by atoms with Gasteiger partial charge in [-0.25, -0.2) is 4.79 Å². The summed E-state index contributed by atoms with van der Waals surface area (Å²) >= 11 is 0. The fourth-order valence-electron chi connectivity index (χ4n) is 1.12. The van der Waals surface area contributed by atoms with Gasteiger partial charge in [0.1, 0.15) is 6.54 Å². The molecule has 1 aromatic rings. The van der Waals surface area contributed by atoms with Crippen LogP contribution in [-0.4, -0.2) is 15.5 Å². The second-order valence-electron chi connectivity index (χ2n) is 2.87. The zero-order valence-electron chi connectivity index (χ0n) is 7.57. The highest BCUT2D eigenvalue weighted by molar-refractivity contribution is 5.73. The summed E-state index contributed by atoms with van der Waals surface area (Å²) in [4.78, 5) is 25.5. The molecule has 1 amide bonds. The van der Waals surface area contributed by atoms with Gasteiger partial charge in [-0.3, -0.25) is 9.36 Å². The van der Waals surface area contributed by atoms with Crippen LogP contribution >= 0.6 is 0 Å². The molecule has 1 rings (SSSR count). The molecule has 5 heteroatoms. The SMILES string of the molecule is Cc1cc(C)n(CC(N)=O)c(=O)n1. The molecule has 0 aliphatic rings. The lowest BCUT2D eigenvalue weighted by molar-refractivity contribution is -0.118. The summed E-state index contributed by atoms with van der Waals surface area (Å²) in [6.07, 6.45) is 0. The summed E-state index contributed by atoms with van der Waals surface area (Å²) in [5, 5.41) is 0. The number of nitrogens with zero attached hydrogens (tertiary/aromatic N) is 2. The van der Waals surface area contributed by atoms with Gasteiger partial charge in [0.25, 0.3) is 0 Å².